The van der Waals surface area contributed by atoms with E-state index in [4.69, 9.17) is 4.43 Å². The molecule has 0 saturated heterocycles. The van der Waals surface area contributed by atoms with Gasteiger partial charge in [-0.05, 0) is 21.5 Å². The summed E-state index contributed by atoms with van der Waals surface area (Å²) in [6.45, 7) is 7.22. The first-order valence-electron chi connectivity index (χ1n) is 11.5. The van der Waals surface area contributed by atoms with Crippen molar-refractivity contribution in [3.05, 3.63) is 84.7 Å². The number of aromatic nitrogens is 1. The minimum absolute atomic E-state index is 0.0516. The summed E-state index contributed by atoms with van der Waals surface area (Å²) in [5, 5.41) is 13.4. The molecule has 176 valence electrons. The SMILES string of the molecule is Cn1c(O)c(N=CCCO[Si](c2ccccc2)(c2ccccc2)C(C)(C)C)c2cccc(F)c21. The lowest BCUT2D eigenvalue weighted by molar-refractivity contribution is 0.309. The minimum Gasteiger partial charge on any atom is -0.493 e. The molecule has 0 radical (unpaired) electrons. The second-order valence-electron chi connectivity index (χ2n) is 9.48. The molecule has 3 aromatic carbocycles. The van der Waals surface area contributed by atoms with Crippen molar-refractivity contribution in [1.29, 1.82) is 0 Å². The first kappa shape index (κ1) is 23.9. The van der Waals surface area contributed by atoms with E-state index in [-0.39, 0.29) is 16.7 Å². The second-order valence-corrected chi connectivity index (χ2v) is 13.8. The quantitative estimate of drug-likeness (QED) is 0.212. The summed E-state index contributed by atoms with van der Waals surface area (Å²) in [6.07, 6.45) is 2.31. The first-order valence-corrected chi connectivity index (χ1v) is 13.4. The normalized spacial score (nSPS) is 12.6. The van der Waals surface area contributed by atoms with Crippen molar-refractivity contribution in [2.75, 3.05) is 6.61 Å². The van der Waals surface area contributed by atoms with Gasteiger partial charge in [-0.3, -0.25) is 4.99 Å². The molecule has 4 rings (SSSR count). The molecular weight excluding hydrogens is 443 g/mol. The Morgan fingerprint density at radius 1 is 0.941 bits per heavy atom. The molecule has 0 amide bonds. The van der Waals surface area contributed by atoms with E-state index in [0.29, 0.717) is 29.6 Å². The molecule has 6 heteroatoms. The Labute approximate surface area is 201 Å². The largest absolute Gasteiger partial charge is 0.493 e. The molecule has 1 heterocycles. The smallest absolute Gasteiger partial charge is 0.261 e. The van der Waals surface area contributed by atoms with Crippen LogP contribution in [0.15, 0.2) is 83.9 Å². The van der Waals surface area contributed by atoms with Crippen LogP contribution in [0.3, 0.4) is 0 Å². The number of hydrogen-bond donors (Lipinski definition) is 1. The molecule has 0 aliphatic rings. The van der Waals surface area contributed by atoms with Crippen molar-refractivity contribution in [3.63, 3.8) is 0 Å². The summed E-state index contributed by atoms with van der Waals surface area (Å²) >= 11 is 0. The van der Waals surface area contributed by atoms with Crippen molar-refractivity contribution < 1.29 is 13.9 Å². The number of aryl methyl sites for hydroxylation is 1. The number of para-hydroxylation sites is 1. The molecule has 4 nitrogen and oxygen atoms in total. The summed E-state index contributed by atoms with van der Waals surface area (Å²) in [7, 11) is -0.970. The molecule has 0 aliphatic carbocycles. The number of benzene rings is 3. The zero-order valence-corrected chi connectivity index (χ0v) is 21.1. The molecule has 34 heavy (non-hydrogen) atoms. The lowest BCUT2D eigenvalue weighted by atomic mass is 10.2. The Balaban J connectivity index is 1.62. The maximum atomic E-state index is 14.2. The van der Waals surface area contributed by atoms with Gasteiger partial charge in [0.25, 0.3) is 8.32 Å². The zero-order valence-electron chi connectivity index (χ0n) is 20.1. The van der Waals surface area contributed by atoms with Crippen LogP contribution in [0.2, 0.25) is 5.04 Å². The number of halogens is 1. The van der Waals surface area contributed by atoms with Crippen LogP contribution in [-0.2, 0) is 11.5 Å². The van der Waals surface area contributed by atoms with Crippen LogP contribution >= 0.6 is 0 Å². The lowest BCUT2D eigenvalue weighted by Crippen LogP contribution is -2.66. The van der Waals surface area contributed by atoms with Gasteiger partial charge >= 0.3 is 0 Å². The number of hydrogen-bond acceptors (Lipinski definition) is 3. The van der Waals surface area contributed by atoms with Gasteiger partial charge in [0.2, 0.25) is 5.88 Å². The van der Waals surface area contributed by atoms with Gasteiger partial charge in [-0.1, -0.05) is 93.6 Å². The maximum Gasteiger partial charge on any atom is 0.261 e. The Kier molecular flexibility index (Phi) is 6.73. The summed E-state index contributed by atoms with van der Waals surface area (Å²) in [5.41, 5.74) is 0.721. The fourth-order valence-corrected chi connectivity index (χ4v) is 9.32. The molecule has 1 aromatic heterocycles. The molecule has 0 spiro atoms. The van der Waals surface area contributed by atoms with Crippen LogP contribution in [0.1, 0.15) is 27.2 Å². The van der Waals surface area contributed by atoms with E-state index in [1.165, 1.54) is 21.0 Å². The molecule has 0 saturated carbocycles. The van der Waals surface area contributed by atoms with Gasteiger partial charge in [0, 0.05) is 31.7 Å². The highest BCUT2D eigenvalue weighted by Crippen LogP contribution is 2.39. The van der Waals surface area contributed by atoms with Gasteiger partial charge in [0.05, 0.1) is 5.52 Å². The Bertz CT molecular complexity index is 1260. The molecule has 1 N–H and O–H groups in total. The van der Waals surface area contributed by atoms with Crippen LogP contribution in [0, 0.1) is 5.82 Å². The highest BCUT2D eigenvalue weighted by Gasteiger charge is 2.49. The molecule has 0 bridgehead atoms. The molecule has 0 atom stereocenters. The van der Waals surface area contributed by atoms with E-state index in [1.54, 1.807) is 25.4 Å². The van der Waals surface area contributed by atoms with Gasteiger partial charge < -0.3 is 14.1 Å². The number of fused-ring (bicyclic) bond motifs is 1. The maximum absolute atomic E-state index is 14.2. The number of nitrogens with zero attached hydrogens (tertiary/aromatic N) is 2. The fraction of sp³-hybridized carbons (Fsp3) is 0.250. The van der Waals surface area contributed by atoms with Gasteiger partial charge in [0.1, 0.15) is 11.5 Å². The van der Waals surface area contributed by atoms with Crippen LogP contribution in [0.5, 0.6) is 5.88 Å². The fourth-order valence-electron chi connectivity index (χ4n) is 4.74. The Morgan fingerprint density at radius 2 is 1.53 bits per heavy atom. The Hall–Kier alpha value is -3.22. The second kappa shape index (κ2) is 9.56. The highest BCUT2D eigenvalue weighted by molar-refractivity contribution is 6.99. The predicted molar refractivity (Wildman–Crippen MR) is 141 cm³/mol. The van der Waals surface area contributed by atoms with E-state index in [1.807, 2.05) is 12.1 Å². The van der Waals surface area contributed by atoms with Crippen LogP contribution in [0.25, 0.3) is 10.9 Å². The van der Waals surface area contributed by atoms with Crippen LogP contribution in [0.4, 0.5) is 10.1 Å². The number of rotatable bonds is 7. The lowest BCUT2D eigenvalue weighted by Gasteiger charge is -2.43. The van der Waals surface area contributed by atoms with Gasteiger partial charge in [-0.25, -0.2) is 4.39 Å². The topological polar surface area (TPSA) is 46.8 Å². The standard InChI is InChI=1S/C28H31FN2O2Si/c1-28(2,3)34(21-13-7-5-8-14-21,22-15-9-6-10-16-22)33-20-12-19-30-25-23-17-11-18-24(29)26(23)31(4)27(25)32/h5-11,13-19,32H,12,20H2,1-4H3. The minimum atomic E-state index is -2.60. The van der Waals surface area contributed by atoms with E-state index < -0.39 is 8.32 Å². The summed E-state index contributed by atoms with van der Waals surface area (Å²) in [5.74, 6) is -0.434. The summed E-state index contributed by atoms with van der Waals surface area (Å²) in [4.78, 5) is 4.50. The van der Waals surface area contributed by atoms with E-state index in [0.717, 1.165) is 0 Å². The van der Waals surface area contributed by atoms with Gasteiger partial charge in [-0.2, -0.15) is 0 Å². The molecule has 0 fully saturated rings. The summed E-state index contributed by atoms with van der Waals surface area (Å²) < 4.78 is 22.5. The molecule has 0 aliphatic heterocycles. The van der Waals surface area contributed by atoms with Crippen molar-refractivity contribution in [3.8, 4) is 5.88 Å². The van der Waals surface area contributed by atoms with E-state index in [2.05, 4.69) is 74.3 Å². The van der Waals surface area contributed by atoms with Gasteiger partial charge in [0.15, 0.2) is 0 Å². The van der Waals surface area contributed by atoms with E-state index in [9.17, 15) is 9.50 Å². The number of aromatic hydroxyl groups is 1. The van der Waals surface area contributed by atoms with Crippen molar-refractivity contribution in [2.45, 2.75) is 32.2 Å². The van der Waals surface area contributed by atoms with Gasteiger partial charge in [-0.15, -0.1) is 0 Å². The van der Waals surface area contributed by atoms with E-state index >= 15 is 0 Å². The molecule has 0 unspecified atom stereocenters. The zero-order chi connectivity index (χ0) is 24.3. The monoisotopic (exact) mass is 474 g/mol. The third-order valence-corrected chi connectivity index (χ3v) is 11.4. The average molecular weight is 475 g/mol. The first-order chi connectivity index (χ1) is 16.3. The third kappa shape index (κ3) is 4.19. The average Bonchev–Trinajstić information content (AvgIpc) is 3.07. The van der Waals surface area contributed by atoms with Crippen molar-refractivity contribution in [2.24, 2.45) is 12.0 Å². The number of aliphatic imine (C=N–C) groups is 1. The molecule has 4 aromatic rings. The summed E-state index contributed by atoms with van der Waals surface area (Å²) in [6, 6.07) is 25.8. The van der Waals surface area contributed by atoms with Crippen LogP contribution < -0.4 is 10.4 Å². The van der Waals surface area contributed by atoms with Crippen molar-refractivity contribution >= 4 is 41.5 Å². The van der Waals surface area contributed by atoms with Crippen LogP contribution in [-0.4, -0.2) is 30.8 Å². The third-order valence-electron chi connectivity index (χ3n) is 6.31. The molecular formula is C28H31FN2O2Si. The predicted octanol–water partition coefficient (Wildman–Crippen LogP) is 5.69. The van der Waals surface area contributed by atoms with Crippen molar-refractivity contribution in [1.82, 2.24) is 4.57 Å². The Morgan fingerprint density at radius 3 is 2.09 bits per heavy atom. The highest BCUT2D eigenvalue weighted by atomic mass is 28.4.